The fourth-order valence-corrected chi connectivity index (χ4v) is 3.04. The van der Waals surface area contributed by atoms with Crippen molar-refractivity contribution in [3.05, 3.63) is 48.6 Å². The average molecular weight is 214 g/mol. The SMILES string of the molecule is C1=CC2CC3C=CC=CC3CC2C=C1.CC. The molecule has 3 rings (SSSR count). The third-order valence-electron chi connectivity index (χ3n) is 3.84. The van der Waals surface area contributed by atoms with Gasteiger partial charge in [0.15, 0.2) is 0 Å². The van der Waals surface area contributed by atoms with Crippen LogP contribution in [0.15, 0.2) is 48.6 Å². The van der Waals surface area contributed by atoms with Gasteiger partial charge < -0.3 is 0 Å². The molecule has 0 bridgehead atoms. The first-order valence-corrected chi connectivity index (χ1v) is 6.63. The van der Waals surface area contributed by atoms with E-state index in [2.05, 4.69) is 48.6 Å². The molecule has 0 saturated heterocycles. The van der Waals surface area contributed by atoms with Crippen LogP contribution in [0, 0.1) is 23.7 Å². The molecule has 3 aliphatic carbocycles. The van der Waals surface area contributed by atoms with E-state index >= 15 is 0 Å². The lowest BCUT2D eigenvalue weighted by Gasteiger charge is -2.39. The van der Waals surface area contributed by atoms with Crippen molar-refractivity contribution >= 4 is 0 Å². The second kappa shape index (κ2) is 5.34. The Labute approximate surface area is 99.4 Å². The van der Waals surface area contributed by atoms with Crippen molar-refractivity contribution in [2.45, 2.75) is 26.7 Å². The summed E-state index contributed by atoms with van der Waals surface area (Å²) < 4.78 is 0. The lowest BCUT2D eigenvalue weighted by Crippen LogP contribution is -2.29. The number of rotatable bonds is 0. The van der Waals surface area contributed by atoms with Crippen molar-refractivity contribution in [2.24, 2.45) is 23.7 Å². The molecule has 0 amide bonds. The van der Waals surface area contributed by atoms with E-state index in [4.69, 9.17) is 0 Å². The fraction of sp³-hybridized carbons (Fsp3) is 0.500. The van der Waals surface area contributed by atoms with Gasteiger partial charge in [-0.05, 0) is 36.5 Å². The van der Waals surface area contributed by atoms with Crippen molar-refractivity contribution < 1.29 is 0 Å². The second-order valence-corrected chi connectivity index (χ2v) is 4.67. The van der Waals surface area contributed by atoms with Crippen LogP contribution in [0.25, 0.3) is 0 Å². The van der Waals surface area contributed by atoms with E-state index in [1.54, 1.807) is 0 Å². The summed E-state index contributed by atoms with van der Waals surface area (Å²) in [5.41, 5.74) is 0. The largest absolute Gasteiger partial charge is 0.0808 e. The molecule has 0 aromatic carbocycles. The number of allylic oxidation sites excluding steroid dienone is 8. The highest BCUT2D eigenvalue weighted by Crippen LogP contribution is 2.42. The predicted octanol–water partition coefficient (Wildman–Crippen LogP) is 4.52. The van der Waals surface area contributed by atoms with E-state index in [1.165, 1.54) is 12.8 Å². The van der Waals surface area contributed by atoms with Crippen molar-refractivity contribution in [2.75, 3.05) is 0 Å². The van der Waals surface area contributed by atoms with Crippen LogP contribution >= 0.6 is 0 Å². The standard InChI is InChI=1S/C14H16.C2H6/c1-2-6-12-10-14-8-4-3-7-13(14)9-11(12)5-1;1-2/h1-8,11-14H,9-10H2;1-2H3. The van der Waals surface area contributed by atoms with Crippen LogP contribution in [0.4, 0.5) is 0 Å². The summed E-state index contributed by atoms with van der Waals surface area (Å²) in [5, 5.41) is 0. The highest BCUT2D eigenvalue weighted by Gasteiger charge is 2.33. The van der Waals surface area contributed by atoms with E-state index in [1.807, 2.05) is 13.8 Å². The molecule has 0 aromatic heterocycles. The summed E-state index contributed by atoms with van der Waals surface area (Å²) in [6.45, 7) is 4.00. The van der Waals surface area contributed by atoms with Crippen molar-refractivity contribution in [1.29, 1.82) is 0 Å². The molecular weight excluding hydrogens is 192 g/mol. The highest BCUT2D eigenvalue weighted by atomic mass is 14.4. The van der Waals surface area contributed by atoms with Gasteiger partial charge in [-0.25, -0.2) is 0 Å². The molecule has 0 aromatic rings. The van der Waals surface area contributed by atoms with E-state index in [-0.39, 0.29) is 0 Å². The predicted molar refractivity (Wildman–Crippen MR) is 71.1 cm³/mol. The van der Waals surface area contributed by atoms with E-state index in [0.29, 0.717) is 0 Å². The Hall–Kier alpha value is -1.04. The van der Waals surface area contributed by atoms with Crippen LogP contribution in [-0.4, -0.2) is 0 Å². The molecule has 0 spiro atoms. The Kier molecular flexibility index (Phi) is 3.82. The molecule has 0 heterocycles. The molecule has 1 fully saturated rings. The van der Waals surface area contributed by atoms with Crippen LogP contribution in [-0.2, 0) is 0 Å². The van der Waals surface area contributed by atoms with Crippen molar-refractivity contribution in [3.8, 4) is 0 Å². The minimum absolute atomic E-state index is 0.803. The molecule has 4 atom stereocenters. The molecular formula is C16H22. The van der Waals surface area contributed by atoms with Gasteiger partial charge in [0.05, 0.1) is 0 Å². The van der Waals surface area contributed by atoms with Gasteiger partial charge in [-0.15, -0.1) is 0 Å². The quantitative estimate of drug-likeness (QED) is 0.556. The van der Waals surface area contributed by atoms with Crippen molar-refractivity contribution in [3.63, 3.8) is 0 Å². The Morgan fingerprint density at radius 2 is 0.812 bits per heavy atom. The van der Waals surface area contributed by atoms with Gasteiger partial charge >= 0.3 is 0 Å². The lowest BCUT2D eigenvalue weighted by molar-refractivity contribution is 0.229. The van der Waals surface area contributed by atoms with Gasteiger partial charge in [-0.1, -0.05) is 62.5 Å². The average Bonchev–Trinajstić information content (AvgIpc) is 2.38. The second-order valence-electron chi connectivity index (χ2n) is 4.67. The zero-order valence-corrected chi connectivity index (χ0v) is 10.3. The van der Waals surface area contributed by atoms with Gasteiger partial charge in [-0.2, -0.15) is 0 Å². The first-order valence-electron chi connectivity index (χ1n) is 6.63. The molecule has 3 aliphatic rings. The maximum atomic E-state index is 2.40. The minimum atomic E-state index is 0.803. The van der Waals surface area contributed by atoms with Gasteiger partial charge in [0, 0.05) is 0 Å². The summed E-state index contributed by atoms with van der Waals surface area (Å²) in [6.07, 6.45) is 21.1. The molecule has 4 unspecified atom stereocenters. The molecule has 0 nitrogen and oxygen atoms in total. The summed E-state index contributed by atoms with van der Waals surface area (Å²) in [5.74, 6) is 3.21. The Bertz CT molecular complexity index is 264. The molecule has 0 heteroatoms. The molecule has 0 N–H and O–H groups in total. The maximum Gasteiger partial charge on any atom is -0.0161 e. The molecule has 16 heavy (non-hydrogen) atoms. The first kappa shape index (κ1) is 11.4. The fourth-order valence-electron chi connectivity index (χ4n) is 3.04. The number of hydrogen-bond donors (Lipinski definition) is 0. The highest BCUT2D eigenvalue weighted by molar-refractivity contribution is 5.22. The van der Waals surface area contributed by atoms with Crippen LogP contribution in [0.3, 0.4) is 0 Å². The molecule has 0 radical (unpaired) electrons. The lowest BCUT2D eigenvalue weighted by atomic mass is 9.66. The summed E-state index contributed by atoms with van der Waals surface area (Å²) >= 11 is 0. The summed E-state index contributed by atoms with van der Waals surface area (Å²) in [6, 6.07) is 0. The molecule has 1 saturated carbocycles. The van der Waals surface area contributed by atoms with Crippen molar-refractivity contribution in [1.82, 2.24) is 0 Å². The third-order valence-corrected chi connectivity index (χ3v) is 3.84. The van der Waals surface area contributed by atoms with Gasteiger partial charge in [0.25, 0.3) is 0 Å². The topological polar surface area (TPSA) is 0 Å². The van der Waals surface area contributed by atoms with Crippen LogP contribution in [0.1, 0.15) is 26.7 Å². The normalized spacial score (nSPS) is 38.4. The number of hydrogen-bond acceptors (Lipinski definition) is 0. The zero-order chi connectivity index (χ0) is 11.4. The van der Waals surface area contributed by atoms with E-state index in [9.17, 15) is 0 Å². The van der Waals surface area contributed by atoms with Gasteiger partial charge in [0.2, 0.25) is 0 Å². The van der Waals surface area contributed by atoms with E-state index in [0.717, 1.165) is 23.7 Å². The maximum absolute atomic E-state index is 2.40. The minimum Gasteiger partial charge on any atom is -0.0808 e. The molecule has 0 aliphatic heterocycles. The Morgan fingerprint density at radius 3 is 1.06 bits per heavy atom. The van der Waals surface area contributed by atoms with E-state index < -0.39 is 0 Å². The number of fused-ring (bicyclic) bond motifs is 2. The van der Waals surface area contributed by atoms with Crippen LogP contribution < -0.4 is 0 Å². The molecule has 86 valence electrons. The monoisotopic (exact) mass is 214 g/mol. The zero-order valence-electron chi connectivity index (χ0n) is 10.3. The third kappa shape index (κ3) is 2.21. The Morgan fingerprint density at radius 1 is 0.562 bits per heavy atom. The van der Waals surface area contributed by atoms with Crippen LogP contribution in [0.2, 0.25) is 0 Å². The smallest absolute Gasteiger partial charge is 0.0161 e. The first-order chi connectivity index (χ1) is 7.93. The summed E-state index contributed by atoms with van der Waals surface area (Å²) in [7, 11) is 0. The van der Waals surface area contributed by atoms with Gasteiger partial charge in [0.1, 0.15) is 0 Å². The summed E-state index contributed by atoms with van der Waals surface area (Å²) in [4.78, 5) is 0. The van der Waals surface area contributed by atoms with Gasteiger partial charge in [-0.3, -0.25) is 0 Å². The van der Waals surface area contributed by atoms with Crippen LogP contribution in [0.5, 0.6) is 0 Å². The Balaban J connectivity index is 0.000000457.